The number of rotatable bonds is 10. The minimum absolute atomic E-state index is 0.0161. The molecule has 0 aromatic heterocycles. The average molecular weight is 328 g/mol. The number of nitrogens with one attached hydrogen (secondary N) is 2. The number of unbranched alkanes of at least 4 members (excludes halogenated alkanes) is 3. The second-order valence-corrected chi connectivity index (χ2v) is 5.73. The van der Waals surface area contributed by atoms with Crippen molar-refractivity contribution >= 4 is 23.6 Å². The molecule has 8 heteroatoms. The highest BCUT2D eigenvalue weighted by Gasteiger charge is 2.38. The summed E-state index contributed by atoms with van der Waals surface area (Å²) >= 11 is 1.62. The van der Waals surface area contributed by atoms with Gasteiger partial charge in [0.15, 0.2) is 0 Å². The van der Waals surface area contributed by atoms with Crippen LogP contribution in [0.1, 0.15) is 32.6 Å². The molecule has 21 heavy (non-hydrogen) atoms. The van der Waals surface area contributed by atoms with Crippen molar-refractivity contribution in [3.05, 3.63) is 0 Å². The highest BCUT2D eigenvalue weighted by Crippen LogP contribution is 2.14. The van der Waals surface area contributed by atoms with E-state index in [0.29, 0.717) is 19.4 Å². The zero-order valence-corrected chi connectivity index (χ0v) is 13.2. The number of thioether (sulfide) groups is 1. The van der Waals surface area contributed by atoms with Gasteiger partial charge >= 0.3 is 12.1 Å². The van der Waals surface area contributed by atoms with Crippen molar-refractivity contribution in [3.8, 4) is 0 Å². The van der Waals surface area contributed by atoms with Gasteiger partial charge in [0.05, 0.1) is 0 Å². The summed E-state index contributed by atoms with van der Waals surface area (Å²) in [4.78, 5) is 22.1. The molecule has 0 bridgehead atoms. The van der Waals surface area contributed by atoms with E-state index in [1.54, 1.807) is 11.8 Å². The van der Waals surface area contributed by atoms with Crippen molar-refractivity contribution in [1.29, 1.82) is 0 Å². The molecule has 0 spiro atoms. The molecule has 1 atom stereocenters. The lowest BCUT2D eigenvalue weighted by Crippen LogP contribution is -2.37. The Labute approximate surface area is 127 Å². The molecule has 2 amide bonds. The van der Waals surface area contributed by atoms with Gasteiger partial charge < -0.3 is 10.6 Å². The van der Waals surface area contributed by atoms with E-state index < -0.39 is 12.1 Å². The zero-order valence-electron chi connectivity index (χ0n) is 12.4. The Kier molecular flexibility index (Phi) is 10.3. The van der Waals surface area contributed by atoms with Crippen molar-refractivity contribution in [2.45, 2.75) is 38.8 Å². The lowest BCUT2D eigenvalue weighted by atomic mass is 10.1. The van der Waals surface area contributed by atoms with Crippen LogP contribution in [0.4, 0.5) is 13.2 Å². The molecule has 0 aliphatic rings. The van der Waals surface area contributed by atoms with E-state index in [9.17, 15) is 22.8 Å². The first kappa shape index (κ1) is 20.1. The molecule has 0 aromatic rings. The summed E-state index contributed by atoms with van der Waals surface area (Å²) < 4.78 is 35.6. The normalized spacial score (nSPS) is 12.8. The standard InChI is InChI=1S/C13H23F3N2O2S/c1-10(9-21-2)11(19)17-7-5-3-4-6-8-18-12(20)13(14,15)16/h10H,3-9H2,1-2H3,(H,17,19)(H,18,20). The maximum atomic E-state index is 11.9. The first-order valence-corrected chi connectivity index (χ1v) is 8.30. The molecule has 4 nitrogen and oxygen atoms in total. The summed E-state index contributed by atoms with van der Waals surface area (Å²) in [5.41, 5.74) is 0. The maximum Gasteiger partial charge on any atom is 0.471 e. The lowest BCUT2D eigenvalue weighted by molar-refractivity contribution is -0.173. The Hall–Kier alpha value is -0.920. The smallest absolute Gasteiger partial charge is 0.356 e. The van der Waals surface area contributed by atoms with Crippen LogP contribution in [-0.2, 0) is 9.59 Å². The molecule has 2 N–H and O–H groups in total. The SMILES string of the molecule is CSCC(C)C(=O)NCCCCCCNC(=O)C(F)(F)F. The molecule has 0 heterocycles. The molecule has 0 saturated carbocycles. The van der Waals surface area contributed by atoms with Crippen LogP contribution in [0.5, 0.6) is 0 Å². The number of carbonyl (C=O) groups excluding carboxylic acids is 2. The number of amides is 2. The Morgan fingerprint density at radius 2 is 1.57 bits per heavy atom. The highest BCUT2D eigenvalue weighted by molar-refractivity contribution is 7.98. The van der Waals surface area contributed by atoms with Crippen molar-refractivity contribution in [2.24, 2.45) is 5.92 Å². The molecule has 0 aromatic carbocycles. The largest absolute Gasteiger partial charge is 0.471 e. The number of carbonyl (C=O) groups is 2. The van der Waals surface area contributed by atoms with Crippen LogP contribution in [0.3, 0.4) is 0 Å². The van der Waals surface area contributed by atoms with Crippen molar-refractivity contribution < 1.29 is 22.8 Å². The predicted molar refractivity (Wildman–Crippen MR) is 78.1 cm³/mol. The van der Waals surface area contributed by atoms with Crippen LogP contribution in [0.2, 0.25) is 0 Å². The Bertz CT molecular complexity index is 325. The molecule has 0 aliphatic carbocycles. The quantitative estimate of drug-likeness (QED) is 0.605. The fraction of sp³-hybridized carbons (Fsp3) is 0.846. The average Bonchev–Trinajstić information content (AvgIpc) is 2.40. The van der Waals surface area contributed by atoms with E-state index in [4.69, 9.17) is 0 Å². The minimum Gasteiger partial charge on any atom is -0.356 e. The number of hydrogen-bond donors (Lipinski definition) is 2. The van der Waals surface area contributed by atoms with Crippen molar-refractivity contribution in [3.63, 3.8) is 0 Å². The van der Waals surface area contributed by atoms with Crippen molar-refractivity contribution in [2.75, 3.05) is 25.1 Å². The van der Waals surface area contributed by atoms with Gasteiger partial charge in [-0.2, -0.15) is 24.9 Å². The van der Waals surface area contributed by atoms with Gasteiger partial charge in [0.1, 0.15) is 0 Å². The van der Waals surface area contributed by atoms with E-state index >= 15 is 0 Å². The molecule has 1 unspecified atom stereocenters. The molecule has 0 radical (unpaired) electrons. The zero-order chi connectivity index (χ0) is 16.3. The fourth-order valence-corrected chi connectivity index (χ4v) is 2.27. The number of halogens is 3. The number of alkyl halides is 3. The summed E-state index contributed by atoms with van der Waals surface area (Å²) in [5.74, 6) is -1.10. The molecule has 0 aliphatic heterocycles. The summed E-state index contributed by atoms with van der Waals surface area (Å²) in [6.45, 7) is 2.47. The van der Waals surface area contributed by atoms with Crippen LogP contribution in [0, 0.1) is 5.92 Å². The summed E-state index contributed by atoms with van der Waals surface area (Å²) in [6, 6.07) is 0. The Morgan fingerprint density at radius 3 is 2.05 bits per heavy atom. The van der Waals surface area contributed by atoms with Gasteiger partial charge in [0.25, 0.3) is 0 Å². The topological polar surface area (TPSA) is 58.2 Å². The Morgan fingerprint density at radius 1 is 1.05 bits per heavy atom. The summed E-state index contributed by atoms with van der Waals surface area (Å²) in [7, 11) is 0. The van der Waals surface area contributed by atoms with Crippen LogP contribution in [-0.4, -0.2) is 43.1 Å². The maximum absolute atomic E-state index is 11.9. The van der Waals surface area contributed by atoms with Crippen LogP contribution >= 0.6 is 11.8 Å². The summed E-state index contributed by atoms with van der Waals surface area (Å²) in [6.07, 6.45) is -0.0594. The fourth-order valence-electron chi connectivity index (χ4n) is 1.62. The van der Waals surface area contributed by atoms with Crippen LogP contribution in [0.15, 0.2) is 0 Å². The predicted octanol–water partition coefficient (Wildman–Crippen LogP) is 2.34. The van der Waals surface area contributed by atoms with Gasteiger partial charge in [-0.25, -0.2) is 0 Å². The Balaban J connectivity index is 3.45. The van der Waals surface area contributed by atoms with E-state index in [2.05, 4.69) is 5.32 Å². The van der Waals surface area contributed by atoms with E-state index in [-0.39, 0.29) is 18.4 Å². The minimum atomic E-state index is -4.81. The van der Waals surface area contributed by atoms with Gasteiger partial charge in [0.2, 0.25) is 5.91 Å². The second-order valence-electron chi connectivity index (χ2n) is 4.82. The lowest BCUT2D eigenvalue weighted by Gasteiger charge is -2.10. The van der Waals surface area contributed by atoms with Gasteiger partial charge in [-0.3, -0.25) is 9.59 Å². The molecule has 0 rings (SSSR count). The molecular weight excluding hydrogens is 305 g/mol. The second kappa shape index (κ2) is 10.8. The third kappa shape index (κ3) is 10.4. The van der Waals surface area contributed by atoms with Crippen LogP contribution in [0.25, 0.3) is 0 Å². The molecule has 0 fully saturated rings. The molecule has 124 valence electrons. The van der Waals surface area contributed by atoms with E-state index in [1.165, 1.54) is 0 Å². The number of hydrogen-bond acceptors (Lipinski definition) is 3. The molecule has 0 saturated heterocycles. The van der Waals surface area contributed by atoms with Gasteiger partial charge in [0, 0.05) is 24.8 Å². The van der Waals surface area contributed by atoms with Gasteiger partial charge in [-0.1, -0.05) is 19.8 Å². The monoisotopic (exact) mass is 328 g/mol. The third-order valence-electron chi connectivity index (χ3n) is 2.81. The molecular formula is C13H23F3N2O2S. The highest BCUT2D eigenvalue weighted by atomic mass is 32.2. The van der Waals surface area contributed by atoms with E-state index in [0.717, 1.165) is 18.6 Å². The van der Waals surface area contributed by atoms with E-state index in [1.807, 2.05) is 18.5 Å². The van der Waals surface area contributed by atoms with Gasteiger partial charge in [-0.05, 0) is 19.1 Å². The first-order valence-electron chi connectivity index (χ1n) is 6.90. The van der Waals surface area contributed by atoms with Crippen molar-refractivity contribution in [1.82, 2.24) is 10.6 Å². The summed E-state index contributed by atoms with van der Waals surface area (Å²) in [5, 5.41) is 4.65. The first-order chi connectivity index (χ1) is 9.79. The van der Waals surface area contributed by atoms with Gasteiger partial charge in [-0.15, -0.1) is 0 Å². The third-order valence-corrected chi connectivity index (χ3v) is 3.64. The van der Waals surface area contributed by atoms with Crippen LogP contribution < -0.4 is 10.6 Å².